The van der Waals surface area contributed by atoms with Crippen LogP contribution in [0.4, 0.5) is 5.69 Å². The van der Waals surface area contributed by atoms with E-state index in [0.29, 0.717) is 16.3 Å². The third kappa shape index (κ3) is 1.94. The number of aromatic nitrogens is 2. The van der Waals surface area contributed by atoms with Crippen molar-refractivity contribution in [1.29, 1.82) is 0 Å². The van der Waals surface area contributed by atoms with Crippen LogP contribution in [0.3, 0.4) is 0 Å². The Hall–Kier alpha value is -2.80. The lowest BCUT2D eigenvalue weighted by Crippen LogP contribution is -2.31. The van der Waals surface area contributed by atoms with Gasteiger partial charge in [0.2, 0.25) is 0 Å². The summed E-state index contributed by atoms with van der Waals surface area (Å²) in [7, 11) is 0. The van der Waals surface area contributed by atoms with Crippen LogP contribution < -0.4 is 10.5 Å². The number of hydrogen-bond acceptors (Lipinski definition) is 5. The average Bonchev–Trinajstić information content (AvgIpc) is 2.95. The highest BCUT2D eigenvalue weighted by atomic mass is 32.1. The van der Waals surface area contributed by atoms with Gasteiger partial charge in [-0.3, -0.25) is 14.4 Å². The highest BCUT2D eigenvalue weighted by Gasteiger charge is 2.41. The van der Waals surface area contributed by atoms with Gasteiger partial charge in [0, 0.05) is 11.8 Å². The molecule has 3 heterocycles. The Morgan fingerprint density at radius 1 is 0.917 bits per heavy atom. The zero-order valence-electron chi connectivity index (χ0n) is 13.3. The minimum Gasteiger partial charge on any atom is -0.269 e. The summed E-state index contributed by atoms with van der Waals surface area (Å²) < 4.78 is 1.23. The molecule has 0 N–H and O–H groups in total. The summed E-state index contributed by atoms with van der Waals surface area (Å²) in [6, 6.07) is 6.90. The van der Waals surface area contributed by atoms with Crippen LogP contribution in [0.25, 0.3) is 4.96 Å². The number of carbonyl (C=O) groups is 2. The zero-order chi connectivity index (χ0) is 17.2. The van der Waals surface area contributed by atoms with Crippen LogP contribution in [-0.2, 0) is 0 Å². The number of rotatable bonds is 1. The summed E-state index contributed by atoms with van der Waals surface area (Å²) in [5.74, 6) is -0.897. The molecule has 1 aromatic carbocycles. The molecule has 1 aliphatic heterocycles. The van der Waals surface area contributed by atoms with Crippen molar-refractivity contribution in [2.75, 3.05) is 4.90 Å². The van der Waals surface area contributed by atoms with E-state index in [2.05, 4.69) is 4.98 Å². The molecule has 3 aromatic rings. The van der Waals surface area contributed by atoms with E-state index < -0.39 is 11.8 Å². The fraction of sp³-hybridized carbons (Fsp3) is 0.176. The van der Waals surface area contributed by atoms with E-state index in [1.165, 1.54) is 10.5 Å². The highest BCUT2D eigenvalue weighted by Crippen LogP contribution is 2.33. The lowest BCUT2D eigenvalue weighted by atomic mass is 10.1. The molecule has 1 aliphatic rings. The monoisotopic (exact) mass is 339 g/mol. The Kier molecular flexibility index (Phi) is 2.98. The zero-order valence-corrected chi connectivity index (χ0v) is 14.1. The van der Waals surface area contributed by atoms with E-state index in [4.69, 9.17) is 0 Å². The van der Waals surface area contributed by atoms with E-state index in [1.807, 2.05) is 19.9 Å². The molecule has 0 spiro atoms. The maximum Gasteiger partial charge on any atom is 0.284 e. The predicted octanol–water partition coefficient (Wildman–Crippen LogP) is 2.48. The van der Waals surface area contributed by atoms with E-state index in [1.54, 1.807) is 19.1 Å². The normalized spacial score (nSPS) is 13.9. The Balaban J connectivity index is 1.95. The Bertz CT molecular complexity index is 1090. The van der Waals surface area contributed by atoms with Gasteiger partial charge in [0.25, 0.3) is 17.4 Å². The van der Waals surface area contributed by atoms with Crippen molar-refractivity contribution in [1.82, 2.24) is 9.38 Å². The van der Waals surface area contributed by atoms with Crippen molar-refractivity contribution in [2.45, 2.75) is 20.8 Å². The lowest BCUT2D eigenvalue weighted by molar-refractivity contribution is 0.0925. The van der Waals surface area contributed by atoms with E-state index >= 15 is 0 Å². The van der Waals surface area contributed by atoms with Crippen molar-refractivity contribution in [2.24, 2.45) is 0 Å². The van der Waals surface area contributed by atoms with Gasteiger partial charge >= 0.3 is 0 Å². The summed E-state index contributed by atoms with van der Waals surface area (Å²) >= 11 is 1.07. The topological polar surface area (TPSA) is 71.8 Å². The van der Waals surface area contributed by atoms with Crippen LogP contribution >= 0.6 is 11.3 Å². The SMILES string of the molecule is Cc1cc(C)cc(N2C(=O)c3sc4nc(C)cc(=O)n4c3C2=O)c1. The molecule has 0 radical (unpaired) electrons. The average molecular weight is 339 g/mol. The van der Waals surface area contributed by atoms with Gasteiger partial charge in [-0.2, -0.15) is 0 Å². The summed E-state index contributed by atoms with van der Waals surface area (Å²) in [5, 5.41) is 0. The van der Waals surface area contributed by atoms with Crippen LogP contribution in [0, 0.1) is 20.8 Å². The van der Waals surface area contributed by atoms with Gasteiger partial charge in [-0.05, 0) is 44.0 Å². The van der Waals surface area contributed by atoms with Crippen LogP contribution in [0.15, 0.2) is 29.1 Å². The number of imide groups is 1. The van der Waals surface area contributed by atoms with Crippen LogP contribution in [0.1, 0.15) is 37.0 Å². The first-order valence-electron chi connectivity index (χ1n) is 7.37. The second-order valence-electron chi connectivity index (χ2n) is 5.93. The van der Waals surface area contributed by atoms with Gasteiger partial charge in [0.1, 0.15) is 10.6 Å². The quantitative estimate of drug-likeness (QED) is 0.639. The van der Waals surface area contributed by atoms with Crippen LogP contribution in [0.5, 0.6) is 0 Å². The third-order valence-electron chi connectivity index (χ3n) is 3.92. The molecule has 6 nitrogen and oxygen atoms in total. The number of fused-ring (bicyclic) bond motifs is 3. The lowest BCUT2D eigenvalue weighted by Gasteiger charge is -2.15. The van der Waals surface area contributed by atoms with Crippen molar-refractivity contribution < 1.29 is 9.59 Å². The van der Waals surface area contributed by atoms with Crippen LogP contribution in [-0.4, -0.2) is 21.2 Å². The van der Waals surface area contributed by atoms with Crippen molar-refractivity contribution >= 4 is 33.8 Å². The number of nitrogens with zero attached hydrogens (tertiary/aromatic N) is 3. The predicted molar refractivity (Wildman–Crippen MR) is 91.1 cm³/mol. The molecule has 0 fully saturated rings. The summed E-state index contributed by atoms with van der Waals surface area (Å²) in [4.78, 5) is 43.9. The van der Waals surface area contributed by atoms with Gasteiger partial charge in [0.15, 0.2) is 4.96 Å². The maximum atomic E-state index is 12.9. The fourth-order valence-electron chi connectivity index (χ4n) is 3.04. The minimum absolute atomic E-state index is 0.108. The molecule has 0 saturated heterocycles. The first-order valence-corrected chi connectivity index (χ1v) is 8.19. The van der Waals surface area contributed by atoms with Gasteiger partial charge in [-0.1, -0.05) is 17.4 Å². The first kappa shape index (κ1) is 14.8. The van der Waals surface area contributed by atoms with Gasteiger partial charge in [-0.25, -0.2) is 14.3 Å². The molecule has 0 unspecified atom stereocenters. The number of thiazole rings is 1. The van der Waals surface area contributed by atoms with Crippen LogP contribution in [0.2, 0.25) is 0 Å². The Morgan fingerprint density at radius 3 is 2.25 bits per heavy atom. The largest absolute Gasteiger partial charge is 0.284 e. The van der Waals surface area contributed by atoms with Crippen molar-refractivity contribution in [3.05, 3.63) is 62.0 Å². The molecule has 7 heteroatoms. The molecule has 2 amide bonds. The molecular weight excluding hydrogens is 326 g/mol. The molecule has 24 heavy (non-hydrogen) atoms. The number of benzene rings is 1. The van der Waals surface area contributed by atoms with Gasteiger partial charge in [-0.15, -0.1) is 0 Å². The molecule has 4 rings (SSSR count). The summed E-state index contributed by atoms with van der Waals surface area (Å²) in [6.07, 6.45) is 0. The number of hydrogen-bond donors (Lipinski definition) is 0. The number of carbonyl (C=O) groups excluding carboxylic acids is 2. The molecule has 2 aromatic heterocycles. The number of anilines is 1. The standard InChI is InChI=1S/C17H13N3O3S/c1-8-4-9(2)6-11(5-8)19-15(22)13-14(16(19)23)24-17-18-10(3)7-12(21)20(13)17/h4-7H,1-3H3. The molecule has 0 saturated carbocycles. The van der Waals surface area contributed by atoms with Gasteiger partial charge in [0.05, 0.1) is 5.69 Å². The highest BCUT2D eigenvalue weighted by molar-refractivity contribution is 7.19. The maximum absolute atomic E-state index is 12.9. The second kappa shape index (κ2) is 4.85. The third-order valence-corrected chi connectivity index (χ3v) is 4.94. The second-order valence-corrected chi connectivity index (χ2v) is 6.90. The summed E-state index contributed by atoms with van der Waals surface area (Å²) in [6.45, 7) is 5.52. The van der Waals surface area contributed by atoms with Crippen molar-refractivity contribution in [3.63, 3.8) is 0 Å². The van der Waals surface area contributed by atoms with Crippen molar-refractivity contribution in [3.8, 4) is 0 Å². The fourth-order valence-corrected chi connectivity index (χ4v) is 4.14. The molecular formula is C17H13N3O3S. The number of aryl methyl sites for hydroxylation is 3. The molecule has 120 valence electrons. The van der Waals surface area contributed by atoms with E-state index in [9.17, 15) is 14.4 Å². The van der Waals surface area contributed by atoms with Gasteiger partial charge < -0.3 is 0 Å². The number of amides is 2. The molecule has 0 atom stereocenters. The first-order chi connectivity index (χ1) is 11.4. The molecule has 0 bridgehead atoms. The molecule has 0 aliphatic carbocycles. The van der Waals surface area contributed by atoms with E-state index in [0.717, 1.165) is 27.4 Å². The minimum atomic E-state index is -0.487. The smallest absolute Gasteiger partial charge is 0.269 e. The Labute approximate surface area is 141 Å². The summed E-state index contributed by atoms with van der Waals surface area (Å²) in [5.41, 5.74) is 2.76. The van der Waals surface area contributed by atoms with E-state index in [-0.39, 0.29) is 16.1 Å². The Morgan fingerprint density at radius 2 is 1.58 bits per heavy atom.